The van der Waals surface area contributed by atoms with Gasteiger partial charge in [-0.2, -0.15) is 0 Å². The Morgan fingerprint density at radius 3 is 2.93 bits per heavy atom. The van der Waals surface area contributed by atoms with Gasteiger partial charge in [-0.15, -0.1) is 6.58 Å². The fraction of sp³-hybridized carbons (Fsp3) is 0.846. The molecule has 2 saturated heterocycles. The third-order valence-electron chi connectivity index (χ3n) is 4.35. The summed E-state index contributed by atoms with van der Waals surface area (Å²) in [5.74, 6) is 1.75. The van der Waals surface area contributed by atoms with Crippen LogP contribution in [-0.4, -0.2) is 36.6 Å². The minimum absolute atomic E-state index is 0.398. The van der Waals surface area contributed by atoms with Crippen molar-refractivity contribution in [1.82, 2.24) is 10.2 Å². The molecule has 15 heavy (non-hydrogen) atoms. The molecule has 0 radical (unpaired) electrons. The molecule has 2 fully saturated rings. The minimum Gasteiger partial charge on any atom is -0.316 e. The molecule has 2 aliphatic rings. The van der Waals surface area contributed by atoms with Gasteiger partial charge in [0.1, 0.15) is 0 Å². The van der Waals surface area contributed by atoms with Crippen molar-refractivity contribution in [3.63, 3.8) is 0 Å². The van der Waals surface area contributed by atoms with E-state index in [0.717, 1.165) is 18.3 Å². The van der Waals surface area contributed by atoms with Gasteiger partial charge >= 0.3 is 0 Å². The van der Waals surface area contributed by atoms with E-state index >= 15 is 0 Å². The number of hydrogen-bond acceptors (Lipinski definition) is 2. The second-order valence-corrected chi connectivity index (χ2v) is 5.56. The van der Waals surface area contributed by atoms with Crippen molar-refractivity contribution in [3.05, 3.63) is 12.7 Å². The Morgan fingerprint density at radius 1 is 1.47 bits per heavy atom. The van der Waals surface area contributed by atoms with Gasteiger partial charge in [0, 0.05) is 18.6 Å². The summed E-state index contributed by atoms with van der Waals surface area (Å²) in [6.45, 7) is 13.6. The van der Waals surface area contributed by atoms with Gasteiger partial charge in [-0.05, 0) is 51.6 Å². The zero-order chi connectivity index (χ0) is 10.9. The Morgan fingerprint density at radius 2 is 2.27 bits per heavy atom. The fourth-order valence-electron chi connectivity index (χ4n) is 3.31. The van der Waals surface area contributed by atoms with E-state index in [9.17, 15) is 0 Å². The SMILES string of the molecule is C=CCCCN1CC2CNCC2C1(C)C. The first-order chi connectivity index (χ1) is 7.16. The monoisotopic (exact) mass is 208 g/mol. The summed E-state index contributed by atoms with van der Waals surface area (Å²) in [4.78, 5) is 2.69. The lowest BCUT2D eigenvalue weighted by atomic mass is 9.85. The molecule has 0 aromatic carbocycles. The lowest BCUT2D eigenvalue weighted by molar-refractivity contribution is 0.138. The van der Waals surface area contributed by atoms with Gasteiger partial charge in [-0.3, -0.25) is 4.90 Å². The van der Waals surface area contributed by atoms with E-state index < -0.39 is 0 Å². The van der Waals surface area contributed by atoms with E-state index in [2.05, 4.69) is 30.6 Å². The minimum atomic E-state index is 0.398. The molecule has 0 saturated carbocycles. The molecule has 2 atom stereocenters. The van der Waals surface area contributed by atoms with Crippen molar-refractivity contribution < 1.29 is 0 Å². The van der Waals surface area contributed by atoms with Gasteiger partial charge < -0.3 is 5.32 Å². The van der Waals surface area contributed by atoms with Crippen LogP contribution in [0.25, 0.3) is 0 Å². The third-order valence-corrected chi connectivity index (χ3v) is 4.35. The van der Waals surface area contributed by atoms with Gasteiger partial charge in [0.05, 0.1) is 0 Å². The first kappa shape index (κ1) is 11.2. The summed E-state index contributed by atoms with van der Waals surface area (Å²) in [7, 11) is 0. The molecule has 0 amide bonds. The second kappa shape index (κ2) is 4.26. The van der Waals surface area contributed by atoms with Gasteiger partial charge in [0.15, 0.2) is 0 Å². The van der Waals surface area contributed by atoms with Crippen molar-refractivity contribution in [2.75, 3.05) is 26.2 Å². The van der Waals surface area contributed by atoms with E-state index in [1.165, 1.54) is 32.6 Å². The maximum Gasteiger partial charge on any atom is 0.0197 e. The molecular weight excluding hydrogens is 184 g/mol. The first-order valence-corrected chi connectivity index (χ1v) is 6.23. The maximum absolute atomic E-state index is 3.79. The topological polar surface area (TPSA) is 15.3 Å². The van der Waals surface area contributed by atoms with Crippen LogP contribution in [0.4, 0.5) is 0 Å². The Labute approximate surface area is 93.7 Å². The van der Waals surface area contributed by atoms with E-state index in [1.807, 2.05) is 6.08 Å². The molecule has 0 spiro atoms. The van der Waals surface area contributed by atoms with Gasteiger partial charge in [0.25, 0.3) is 0 Å². The Balaban J connectivity index is 1.93. The molecule has 2 nitrogen and oxygen atoms in total. The van der Waals surface area contributed by atoms with Gasteiger partial charge in [-0.1, -0.05) is 6.08 Å². The third kappa shape index (κ3) is 1.98. The molecule has 0 bridgehead atoms. The lowest BCUT2D eigenvalue weighted by Gasteiger charge is -2.35. The van der Waals surface area contributed by atoms with E-state index in [0.29, 0.717) is 5.54 Å². The fourth-order valence-corrected chi connectivity index (χ4v) is 3.31. The number of likely N-dealkylation sites (tertiary alicyclic amines) is 1. The largest absolute Gasteiger partial charge is 0.316 e. The zero-order valence-corrected chi connectivity index (χ0v) is 10.1. The molecule has 0 aliphatic carbocycles. The van der Waals surface area contributed by atoms with Gasteiger partial charge in [0.2, 0.25) is 0 Å². The molecule has 2 unspecified atom stereocenters. The van der Waals surface area contributed by atoms with E-state index in [1.54, 1.807) is 0 Å². The van der Waals surface area contributed by atoms with Crippen LogP contribution >= 0.6 is 0 Å². The highest BCUT2D eigenvalue weighted by Gasteiger charge is 2.48. The van der Waals surface area contributed by atoms with Crippen LogP contribution in [0.1, 0.15) is 26.7 Å². The van der Waals surface area contributed by atoms with Crippen molar-refractivity contribution in [1.29, 1.82) is 0 Å². The Kier molecular flexibility index (Phi) is 3.17. The highest BCUT2D eigenvalue weighted by molar-refractivity contribution is 5.04. The quantitative estimate of drug-likeness (QED) is 0.560. The number of hydrogen-bond donors (Lipinski definition) is 1. The Bertz CT molecular complexity index is 235. The van der Waals surface area contributed by atoms with Gasteiger partial charge in [-0.25, -0.2) is 0 Å². The maximum atomic E-state index is 3.79. The van der Waals surface area contributed by atoms with E-state index in [4.69, 9.17) is 0 Å². The average Bonchev–Trinajstić information content (AvgIpc) is 2.72. The summed E-state index contributed by atoms with van der Waals surface area (Å²) in [6.07, 6.45) is 4.45. The summed E-state index contributed by atoms with van der Waals surface area (Å²) in [5, 5.41) is 3.52. The van der Waals surface area contributed by atoms with Crippen LogP contribution in [0.3, 0.4) is 0 Å². The molecule has 2 aliphatic heterocycles. The van der Waals surface area contributed by atoms with Crippen molar-refractivity contribution in [3.8, 4) is 0 Å². The number of rotatable bonds is 4. The predicted molar refractivity (Wildman–Crippen MR) is 64.9 cm³/mol. The molecule has 2 heteroatoms. The number of unbranched alkanes of at least 4 members (excludes halogenated alkanes) is 1. The number of allylic oxidation sites excluding steroid dienone is 1. The van der Waals surface area contributed by atoms with Crippen LogP contribution in [0.2, 0.25) is 0 Å². The Hall–Kier alpha value is -0.340. The van der Waals surface area contributed by atoms with Crippen LogP contribution < -0.4 is 5.32 Å². The molecule has 0 aromatic heterocycles. The highest BCUT2D eigenvalue weighted by Crippen LogP contribution is 2.40. The molecule has 86 valence electrons. The predicted octanol–water partition coefficient (Wildman–Crippen LogP) is 1.88. The average molecular weight is 208 g/mol. The molecule has 2 heterocycles. The number of nitrogens with one attached hydrogen (secondary N) is 1. The smallest absolute Gasteiger partial charge is 0.0197 e. The second-order valence-electron chi connectivity index (χ2n) is 5.56. The number of nitrogens with zero attached hydrogens (tertiary/aromatic N) is 1. The van der Waals surface area contributed by atoms with Crippen molar-refractivity contribution in [2.24, 2.45) is 11.8 Å². The molecule has 0 aromatic rings. The summed E-state index contributed by atoms with van der Waals surface area (Å²) >= 11 is 0. The summed E-state index contributed by atoms with van der Waals surface area (Å²) in [5.41, 5.74) is 0.398. The van der Waals surface area contributed by atoms with Crippen LogP contribution in [0.15, 0.2) is 12.7 Å². The highest BCUT2D eigenvalue weighted by atomic mass is 15.2. The lowest BCUT2D eigenvalue weighted by Crippen LogP contribution is -2.44. The van der Waals surface area contributed by atoms with Crippen LogP contribution in [0, 0.1) is 11.8 Å². The number of fused-ring (bicyclic) bond motifs is 1. The summed E-state index contributed by atoms with van der Waals surface area (Å²) in [6, 6.07) is 0. The standard InChI is InChI=1S/C13H24N2/c1-4-5-6-7-15-10-11-8-14-9-12(11)13(15,2)3/h4,11-12,14H,1,5-10H2,2-3H3. The van der Waals surface area contributed by atoms with E-state index in [-0.39, 0.29) is 0 Å². The van der Waals surface area contributed by atoms with Crippen molar-refractivity contribution in [2.45, 2.75) is 32.2 Å². The molecular formula is C13H24N2. The molecule has 2 rings (SSSR count). The summed E-state index contributed by atoms with van der Waals surface area (Å²) < 4.78 is 0. The van der Waals surface area contributed by atoms with Crippen molar-refractivity contribution >= 4 is 0 Å². The van der Waals surface area contributed by atoms with Crippen LogP contribution in [-0.2, 0) is 0 Å². The first-order valence-electron chi connectivity index (χ1n) is 6.23. The van der Waals surface area contributed by atoms with Crippen LogP contribution in [0.5, 0.6) is 0 Å². The normalized spacial score (nSPS) is 34.3. The molecule has 1 N–H and O–H groups in total. The zero-order valence-electron chi connectivity index (χ0n) is 10.1.